The fourth-order valence-electron chi connectivity index (χ4n) is 7.92. The number of nitrogens with zero attached hydrogens (tertiary/aromatic N) is 2. The molecular formula is C46H43Cl2N2S+. The van der Waals surface area contributed by atoms with Gasteiger partial charge in [-0.3, -0.25) is 0 Å². The molecule has 8 rings (SSSR count). The van der Waals surface area contributed by atoms with Crippen LogP contribution >= 0.6 is 35.0 Å². The van der Waals surface area contributed by atoms with Crippen molar-refractivity contribution in [1.82, 2.24) is 4.57 Å². The van der Waals surface area contributed by atoms with E-state index in [1.54, 1.807) is 0 Å². The van der Waals surface area contributed by atoms with Gasteiger partial charge in [-0.2, -0.15) is 4.58 Å². The Hall–Kier alpha value is -4.02. The lowest BCUT2D eigenvalue weighted by atomic mass is 9.93. The molecule has 0 N–H and O–H groups in total. The van der Waals surface area contributed by atoms with Crippen LogP contribution in [0, 0.1) is 0 Å². The number of hydrogen-bond acceptors (Lipinski definition) is 1. The maximum atomic E-state index is 6.73. The Bertz CT molecular complexity index is 2460. The normalized spacial score (nSPS) is 16.1. The summed E-state index contributed by atoms with van der Waals surface area (Å²) in [5, 5.41) is 8.97. The van der Waals surface area contributed by atoms with E-state index in [2.05, 4.69) is 138 Å². The summed E-state index contributed by atoms with van der Waals surface area (Å²) in [6, 6.07) is 32.5. The van der Waals surface area contributed by atoms with E-state index < -0.39 is 0 Å². The van der Waals surface area contributed by atoms with Crippen LogP contribution in [0.4, 0.5) is 5.69 Å². The molecule has 2 heterocycles. The number of thioether (sulfide) groups is 1. The summed E-state index contributed by atoms with van der Waals surface area (Å²) in [5.74, 6) is 0. The van der Waals surface area contributed by atoms with Crippen molar-refractivity contribution in [3.63, 3.8) is 0 Å². The van der Waals surface area contributed by atoms with Crippen molar-refractivity contribution in [2.45, 2.75) is 70.2 Å². The van der Waals surface area contributed by atoms with E-state index in [-0.39, 0.29) is 0 Å². The number of unbranched alkanes of at least 4 members (excludes halogenated alkanes) is 2. The van der Waals surface area contributed by atoms with Crippen LogP contribution in [0.5, 0.6) is 0 Å². The maximum absolute atomic E-state index is 6.73. The fraction of sp³-hybridized carbons (Fsp3) is 0.239. The van der Waals surface area contributed by atoms with Gasteiger partial charge in [0.1, 0.15) is 6.54 Å². The Morgan fingerprint density at radius 2 is 1.47 bits per heavy atom. The molecule has 0 bridgehead atoms. The van der Waals surface area contributed by atoms with Crippen LogP contribution in [0.3, 0.4) is 0 Å². The SMILES string of the molecule is CCCCn1/c(=C/C=C2\CCCC(/C=C/C3=[N+](CCCC)c4ccc(Cl)c5cccc3c45)=C2Sc2ccccc2)c2cccc3c(Cl)ccc1c32. The minimum atomic E-state index is 0.814. The Labute approximate surface area is 315 Å². The van der Waals surface area contributed by atoms with E-state index in [0.717, 1.165) is 78.9 Å². The van der Waals surface area contributed by atoms with Gasteiger partial charge >= 0.3 is 0 Å². The lowest BCUT2D eigenvalue weighted by Crippen LogP contribution is -2.16. The van der Waals surface area contributed by atoms with E-state index in [4.69, 9.17) is 23.2 Å². The molecule has 256 valence electrons. The lowest BCUT2D eigenvalue weighted by Gasteiger charge is -2.21. The second kappa shape index (κ2) is 14.9. The molecular weight excluding hydrogens is 683 g/mol. The number of benzene rings is 5. The molecule has 0 unspecified atom stereocenters. The minimum absolute atomic E-state index is 0.814. The van der Waals surface area contributed by atoms with Gasteiger partial charge in [-0.25, -0.2) is 0 Å². The number of hydrogen-bond donors (Lipinski definition) is 0. The first-order chi connectivity index (χ1) is 25.1. The van der Waals surface area contributed by atoms with Gasteiger partial charge in [-0.15, -0.1) is 0 Å². The second-order valence-electron chi connectivity index (χ2n) is 13.7. The third-order valence-electron chi connectivity index (χ3n) is 10.4. The summed E-state index contributed by atoms with van der Waals surface area (Å²) in [5.41, 5.74) is 7.87. The molecule has 1 aromatic heterocycles. The van der Waals surface area contributed by atoms with Crippen molar-refractivity contribution in [2.24, 2.45) is 0 Å². The standard InChI is InChI=1S/C46H43Cl2N2S/c1-3-5-29-49-40(36-19-11-17-34-38(47)23-27-42(49)44(34)36)25-21-31-13-10-14-32(46(31)51-33-15-8-7-9-16-33)22-26-41-37-20-12-18-35-39(48)24-28-43(45(35)37)50(41)30-6-4-2/h7-9,11-12,15-28H,3-6,10,13-14,29-30H2,1-2H3/q+1. The summed E-state index contributed by atoms with van der Waals surface area (Å²) < 4.78 is 5.02. The van der Waals surface area contributed by atoms with E-state index in [1.807, 2.05) is 11.8 Å². The van der Waals surface area contributed by atoms with Crippen LogP contribution in [-0.2, 0) is 6.54 Å². The van der Waals surface area contributed by atoms with Crippen molar-refractivity contribution in [3.8, 4) is 0 Å². The molecule has 0 saturated carbocycles. The predicted octanol–water partition coefficient (Wildman–Crippen LogP) is 13.2. The van der Waals surface area contributed by atoms with Crippen molar-refractivity contribution in [1.29, 1.82) is 0 Å². The lowest BCUT2D eigenvalue weighted by molar-refractivity contribution is -0.436. The molecule has 0 radical (unpaired) electrons. The summed E-state index contributed by atoms with van der Waals surface area (Å²) in [6.45, 7) is 6.50. The van der Waals surface area contributed by atoms with Crippen molar-refractivity contribution in [3.05, 3.63) is 146 Å². The molecule has 5 heteroatoms. The number of rotatable bonds is 11. The molecule has 0 saturated heterocycles. The van der Waals surface area contributed by atoms with Gasteiger partial charge in [0, 0.05) is 77.4 Å². The highest BCUT2D eigenvalue weighted by Crippen LogP contribution is 2.43. The molecule has 1 aliphatic heterocycles. The Morgan fingerprint density at radius 1 is 0.725 bits per heavy atom. The van der Waals surface area contributed by atoms with Crippen LogP contribution in [-0.4, -0.2) is 21.4 Å². The zero-order valence-corrected chi connectivity index (χ0v) is 31.7. The van der Waals surface area contributed by atoms with Gasteiger partial charge in [0.25, 0.3) is 0 Å². The fourth-order valence-corrected chi connectivity index (χ4v) is 9.50. The highest BCUT2D eigenvalue weighted by Gasteiger charge is 2.31. The zero-order chi connectivity index (χ0) is 34.9. The van der Waals surface area contributed by atoms with Gasteiger partial charge in [0.2, 0.25) is 11.4 Å². The Kier molecular flexibility index (Phi) is 9.97. The van der Waals surface area contributed by atoms with E-state index in [0.29, 0.717) is 0 Å². The van der Waals surface area contributed by atoms with Crippen LogP contribution in [0.2, 0.25) is 10.0 Å². The third-order valence-corrected chi connectivity index (χ3v) is 12.3. The molecule has 2 nitrogen and oxygen atoms in total. The predicted molar refractivity (Wildman–Crippen MR) is 222 cm³/mol. The molecule has 6 aromatic rings. The third kappa shape index (κ3) is 6.39. The largest absolute Gasteiger partial charge is 0.340 e. The number of halogens is 2. The van der Waals surface area contributed by atoms with Crippen molar-refractivity contribution >= 4 is 84.9 Å². The van der Waals surface area contributed by atoms with Crippen LogP contribution < -0.4 is 5.35 Å². The van der Waals surface area contributed by atoms with Gasteiger partial charge in [0.15, 0.2) is 0 Å². The van der Waals surface area contributed by atoms with Crippen LogP contribution in [0.15, 0.2) is 130 Å². The molecule has 0 amide bonds. The summed E-state index contributed by atoms with van der Waals surface area (Å²) in [6.07, 6.45) is 17.4. The van der Waals surface area contributed by atoms with E-state index in [1.165, 1.54) is 64.9 Å². The molecule has 5 aromatic carbocycles. The van der Waals surface area contributed by atoms with Gasteiger partial charge in [-0.05, 0) is 79.3 Å². The van der Waals surface area contributed by atoms with Gasteiger partial charge < -0.3 is 4.57 Å². The van der Waals surface area contributed by atoms with Crippen molar-refractivity contribution in [2.75, 3.05) is 6.54 Å². The Balaban J connectivity index is 1.28. The first-order valence-corrected chi connectivity index (χ1v) is 20.0. The number of aromatic nitrogens is 1. The average molecular weight is 727 g/mol. The van der Waals surface area contributed by atoms with E-state index in [9.17, 15) is 0 Å². The highest BCUT2D eigenvalue weighted by molar-refractivity contribution is 8.03. The average Bonchev–Trinajstić information content (AvgIpc) is 3.64. The number of allylic oxidation sites excluding steroid dienone is 5. The first-order valence-electron chi connectivity index (χ1n) is 18.5. The topological polar surface area (TPSA) is 7.94 Å². The zero-order valence-electron chi connectivity index (χ0n) is 29.4. The highest BCUT2D eigenvalue weighted by atomic mass is 35.5. The second-order valence-corrected chi connectivity index (χ2v) is 15.6. The maximum Gasteiger partial charge on any atom is 0.214 e. The van der Waals surface area contributed by atoms with E-state index >= 15 is 0 Å². The molecule has 0 spiro atoms. The van der Waals surface area contributed by atoms with Crippen molar-refractivity contribution < 1.29 is 4.58 Å². The smallest absolute Gasteiger partial charge is 0.214 e. The summed E-state index contributed by atoms with van der Waals surface area (Å²) in [7, 11) is 0. The Morgan fingerprint density at radius 3 is 2.27 bits per heavy atom. The minimum Gasteiger partial charge on any atom is -0.340 e. The van der Waals surface area contributed by atoms with Crippen LogP contribution in [0.1, 0.15) is 64.4 Å². The molecule has 2 aliphatic rings. The monoisotopic (exact) mass is 725 g/mol. The molecule has 1 aliphatic carbocycles. The summed E-state index contributed by atoms with van der Waals surface area (Å²) in [4.78, 5) is 2.64. The molecule has 0 atom stereocenters. The quantitative estimate of drug-likeness (QED) is 0.121. The molecule has 51 heavy (non-hydrogen) atoms. The molecule has 0 fully saturated rings. The first kappa shape index (κ1) is 34.1. The van der Waals surface area contributed by atoms with Gasteiger partial charge in [-0.1, -0.05) is 122 Å². The summed E-state index contributed by atoms with van der Waals surface area (Å²) >= 11 is 15.4. The number of aryl methyl sites for hydroxylation is 1. The van der Waals surface area contributed by atoms with Gasteiger partial charge in [0.05, 0.1) is 10.9 Å². The van der Waals surface area contributed by atoms with Crippen LogP contribution in [0.25, 0.3) is 38.5 Å².